The summed E-state index contributed by atoms with van der Waals surface area (Å²) in [6.07, 6.45) is 5.33. The molecule has 11 nitrogen and oxygen atoms in total. The fourth-order valence-electron chi connectivity index (χ4n) is 2.91. The first-order chi connectivity index (χ1) is 16.9. The van der Waals surface area contributed by atoms with Crippen LogP contribution in [-0.2, 0) is 32.0 Å². The van der Waals surface area contributed by atoms with Crippen LogP contribution in [-0.4, -0.2) is 71.5 Å². The largest absolute Gasteiger partial charge is 0.375 e. The van der Waals surface area contributed by atoms with E-state index < -0.39 is 35.2 Å². The Morgan fingerprint density at radius 1 is 0.686 bits per heavy atom. The van der Waals surface area contributed by atoms with Crippen LogP contribution in [0.2, 0.25) is 0 Å². The van der Waals surface area contributed by atoms with Gasteiger partial charge in [0.15, 0.2) is 0 Å². The predicted molar refractivity (Wildman–Crippen MR) is 132 cm³/mol. The molecule has 1 heterocycles. The minimum atomic E-state index is -1.12. The van der Waals surface area contributed by atoms with E-state index in [2.05, 4.69) is 32.9 Å². The van der Waals surface area contributed by atoms with Crippen LogP contribution < -0.4 is 17.1 Å². The van der Waals surface area contributed by atoms with Gasteiger partial charge in [0.1, 0.15) is 0 Å². The van der Waals surface area contributed by atoms with Crippen molar-refractivity contribution in [3.63, 3.8) is 0 Å². The molecule has 2 atom stereocenters. The Kier molecular flexibility index (Phi) is 13.8. The summed E-state index contributed by atoms with van der Waals surface area (Å²) in [5.41, 5.74) is -3.19. The standard InChI is InChI=1S/C24H33N3O8/c1-6-11-32-17-19(34-13-8-3)15-25-22(29)26(24(31)27(23(25)30)21(28)10-5)16-20(35-14-9-4)18-33-12-7-2/h6-10,19-20H,1-5,11-18H2. The number of carbonyl (C=O) groups excluding carboxylic acids is 1. The summed E-state index contributed by atoms with van der Waals surface area (Å²) in [7, 11) is 0. The van der Waals surface area contributed by atoms with Crippen LogP contribution in [0.15, 0.2) is 77.7 Å². The third kappa shape index (κ3) is 9.06. The van der Waals surface area contributed by atoms with Crippen molar-refractivity contribution >= 4 is 5.91 Å². The van der Waals surface area contributed by atoms with E-state index in [-0.39, 0.29) is 52.7 Å². The third-order valence-electron chi connectivity index (χ3n) is 4.45. The van der Waals surface area contributed by atoms with Gasteiger partial charge in [-0.15, -0.1) is 26.3 Å². The van der Waals surface area contributed by atoms with Crippen molar-refractivity contribution < 1.29 is 23.7 Å². The molecule has 35 heavy (non-hydrogen) atoms. The molecule has 0 amide bonds. The highest BCUT2D eigenvalue weighted by Crippen LogP contribution is 2.00. The Hall–Kier alpha value is -3.38. The van der Waals surface area contributed by atoms with Crippen LogP contribution in [0, 0.1) is 0 Å². The van der Waals surface area contributed by atoms with E-state index in [1.807, 2.05) is 0 Å². The van der Waals surface area contributed by atoms with Crippen molar-refractivity contribution in [3.05, 3.63) is 94.7 Å². The van der Waals surface area contributed by atoms with Gasteiger partial charge < -0.3 is 18.9 Å². The summed E-state index contributed by atoms with van der Waals surface area (Å²) in [4.78, 5) is 51.6. The minimum Gasteiger partial charge on any atom is -0.375 e. The maximum atomic E-state index is 13.3. The van der Waals surface area contributed by atoms with Crippen molar-refractivity contribution in [2.75, 3.05) is 39.6 Å². The quantitative estimate of drug-likeness (QED) is 0.156. The Bertz CT molecular complexity index is 996. The van der Waals surface area contributed by atoms with Crippen LogP contribution >= 0.6 is 0 Å². The maximum absolute atomic E-state index is 13.3. The van der Waals surface area contributed by atoms with Crippen LogP contribution in [0.5, 0.6) is 0 Å². The average molecular weight is 492 g/mol. The lowest BCUT2D eigenvalue weighted by Crippen LogP contribution is -2.58. The van der Waals surface area contributed by atoms with Gasteiger partial charge in [-0.1, -0.05) is 30.9 Å². The number of hydrogen-bond acceptors (Lipinski definition) is 8. The summed E-state index contributed by atoms with van der Waals surface area (Å²) >= 11 is 0. The predicted octanol–water partition coefficient (Wildman–Crippen LogP) is 0.546. The SMILES string of the molecule is C=CCOCC(Cn1c(=O)n(CC(COCC=C)OCC=C)c(=O)n(C(=O)C=C)c1=O)OCC=C. The summed E-state index contributed by atoms with van der Waals surface area (Å²) in [5, 5.41) is 0. The normalized spacial score (nSPS) is 12.5. The number of nitrogens with zero attached hydrogens (tertiary/aromatic N) is 3. The molecule has 2 unspecified atom stereocenters. The third-order valence-corrected chi connectivity index (χ3v) is 4.45. The van der Waals surface area contributed by atoms with Crippen molar-refractivity contribution in [3.8, 4) is 0 Å². The number of hydrogen-bond donors (Lipinski definition) is 0. The van der Waals surface area contributed by atoms with Crippen molar-refractivity contribution in [1.29, 1.82) is 0 Å². The Morgan fingerprint density at radius 3 is 1.43 bits per heavy atom. The lowest BCUT2D eigenvalue weighted by molar-refractivity contribution is -0.0126. The Morgan fingerprint density at radius 2 is 1.09 bits per heavy atom. The molecule has 192 valence electrons. The van der Waals surface area contributed by atoms with Crippen molar-refractivity contribution in [2.24, 2.45) is 0 Å². The van der Waals surface area contributed by atoms with E-state index in [0.717, 1.165) is 15.2 Å². The van der Waals surface area contributed by atoms with Gasteiger partial charge in [-0.25, -0.2) is 23.5 Å². The molecule has 0 aliphatic heterocycles. The minimum absolute atomic E-state index is 0.0146. The zero-order valence-electron chi connectivity index (χ0n) is 19.8. The van der Waals surface area contributed by atoms with E-state index in [1.165, 1.54) is 24.3 Å². The molecule has 0 saturated carbocycles. The number of rotatable bonds is 19. The lowest BCUT2D eigenvalue weighted by Gasteiger charge is -2.21. The zero-order valence-corrected chi connectivity index (χ0v) is 19.8. The summed E-state index contributed by atoms with van der Waals surface area (Å²) < 4.78 is 23.8. The van der Waals surface area contributed by atoms with E-state index >= 15 is 0 Å². The number of allylic oxidation sites excluding steroid dienone is 1. The fourth-order valence-corrected chi connectivity index (χ4v) is 2.91. The monoisotopic (exact) mass is 491 g/mol. The summed E-state index contributed by atoms with van der Waals surface area (Å²) in [5.74, 6) is -0.986. The summed E-state index contributed by atoms with van der Waals surface area (Å²) in [6.45, 7) is 17.7. The second-order valence-electron chi connectivity index (χ2n) is 7.09. The van der Waals surface area contributed by atoms with Gasteiger partial charge in [0.2, 0.25) is 0 Å². The van der Waals surface area contributed by atoms with E-state index in [9.17, 15) is 19.2 Å². The van der Waals surface area contributed by atoms with Gasteiger partial charge in [-0.2, -0.15) is 4.57 Å². The molecule has 1 aromatic rings. The number of ether oxygens (including phenoxy) is 4. The smallest absolute Gasteiger partial charge is 0.343 e. The molecule has 0 aliphatic rings. The molecular formula is C24H33N3O8. The fraction of sp³-hybridized carbons (Fsp3) is 0.417. The van der Waals surface area contributed by atoms with Crippen LogP contribution in [0.4, 0.5) is 0 Å². The van der Waals surface area contributed by atoms with E-state index in [4.69, 9.17) is 18.9 Å². The van der Waals surface area contributed by atoms with Gasteiger partial charge in [0.05, 0.1) is 64.9 Å². The first-order valence-corrected chi connectivity index (χ1v) is 10.8. The van der Waals surface area contributed by atoms with Crippen molar-refractivity contribution in [1.82, 2.24) is 13.7 Å². The first kappa shape index (κ1) is 29.7. The lowest BCUT2D eigenvalue weighted by atomic mass is 10.3. The van der Waals surface area contributed by atoms with Gasteiger partial charge in [0, 0.05) is 0 Å². The molecular weight excluding hydrogens is 458 g/mol. The Balaban J connectivity index is 3.54. The van der Waals surface area contributed by atoms with E-state index in [1.54, 1.807) is 0 Å². The molecule has 0 spiro atoms. The highest BCUT2D eigenvalue weighted by Gasteiger charge is 2.23. The average Bonchev–Trinajstić information content (AvgIpc) is 2.85. The molecule has 0 bridgehead atoms. The van der Waals surface area contributed by atoms with Gasteiger partial charge in [-0.3, -0.25) is 4.79 Å². The highest BCUT2D eigenvalue weighted by atomic mass is 16.5. The second kappa shape index (κ2) is 16.3. The second-order valence-corrected chi connectivity index (χ2v) is 7.09. The first-order valence-electron chi connectivity index (χ1n) is 10.8. The molecule has 11 heteroatoms. The molecule has 0 N–H and O–H groups in total. The zero-order chi connectivity index (χ0) is 26.2. The molecule has 0 aliphatic carbocycles. The Labute approximate surface area is 203 Å². The maximum Gasteiger partial charge on any atom is 0.343 e. The van der Waals surface area contributed by atoms with Gasteiger partial charge in [0.25, 0.3) is 5.91 Å². The molecule has 1 rings (SSSR count). The van der Waals surface area contributed by atoms with Crippen molar-refractivity contribution in [2.45, 2.75) is 25.3 Å². The summed E-state index contributed by atoms with van der Waals surface area (Å²) in [6, 6.07) is 0. The van der Waals surface area contributed by atoms with Crippen LogP contribution in [0.25, 0.3) is 0 Å². The number of aromatic nitrogens is 3. The van der Waals surface area contributed by atoms with Gasteiger partial charge in [-0.05, 0) is 6.08 Å². The molecule has 0 radical (unpaired) electrons. The topological polar surface area (TPSA) is 120 Å². The molecule has 1 aromatic heterocycles. The van der Waals surface area contributed by atoms with Crippen LogP contribution in [0.3, 0.4) is 0 Å². The molecule has 0 aromatic carbocycles. The highest BCUT2D eigenvalue weighted by molar-refractivity contribution is 5.88. The van der Waals surface area contributed by atoms with Crippen LogP contribution in [0.1, 0.15) is 4.79 Å². The van der Waals surface area contributed by atoms with Gasteiger partial charge >= 0.3 is 17.1 Å². The molecule has 0 fully saturated rings. The number of carbonyl (C=O) groups is 1. The van der Waals surface area contributed by atoms with E-state index in [0.29, 0.717) is 4.57 Å². The molecule has 0 saturated heterocycles.